The van der Waals surface area contributed by atoms with E-state index in [1.54, 1.807) is 19.0 Å². The van der Waals surface area contributed by atoms with E-state index in [0.717, 1.165) is 11.1 Å². The molecule has 0 heterocycles. The fourth-order valence-corrected chi connectivity index (χ4v) is 3.00. The Morgan fingerprint density at radius 2 is 1.28 bits per heavy atom. The lowest BCUT2D eigenvalue weighted by Gasteiger charge is -2.21. The Kier molecular flexibility index (Phi) is 8.11. The molecule has 0 aliphatic rings. The molecule has 1 N–H and O–H groups in total. The number of carbonyl (C=O) groups excluding carboxylic acids is 1. The molecule has 0 saturated heterocycles. The molecule has 0 aliphatic heterocycles. The maximum Gasteiger partial charge on any atom is 0.207 e. The summed E-state index contributed by atoms with van der Waals surface area (Å²) >= 11 is 10.8. The third kappa shape index (κ3) is 6.00. The number of carbonyl (C=O) groups is 1. The van der Waals surface area contributed by atoms with Gasteiger partial charge in [-0.2, -0.15) is 0 Å². The molecule has 6 nitrogen and oxygen atoms in total. The van der Waals surface area contributed by atoms with Crippen molar-refractivity contribution in [2.75, 3.05) is 27.2 Å². The van der Waals surface area contributed by atoms with E-state index in [0.29, 0.717) is 9.98 Å². The fraction of sp³-hybridized carbons (Fsp3) is 0.190. The number of hydrogen-bond donors (Lipinski definition) is 1. The number of benzene rings is 2. The molecule has 0 aromatic heterocycles. The Labute approximate surface area is 180 Å². The number of thiocarbonyl (C=S) groups is 2. The number of nitrogens with zero attached hydrogens (tertiary/aromatic N) is 3. The van der Waals surface area contributed by atoms with Crippen LogP contribution >= 0.6 is 24.4 Å². The van der Waals surface area contributed by atoms with Crippen LogP contribution in [0.25, 0.3) is 0 Å². The Hall–Kier alpha value is -2.97. The van der Waals surface area contributed by atoms with Crippen molar-refractivity contribution in [1.29, 1.82) is 0 Å². The lowest BCUT2D eigenvalue weighted by molar-refractivity contribution is -0.115. The monoisotopic (exact) mass is 427 g/mol. The minimum absolute atomic E-state index is 0.118. The molecule has 0 radical (unpaired) electrons. The number of hydrogen-bond acceptors (Lipinski definition) is 6. The average Bonchev–Trinajstić information content (AvgIpc) is 2.74. The van der Waals surface area contributed by atoms with Crippen LogP contribution in [0.3, 0.4) is 0 Å². The zero-order valence-electron chi connectivity index (χ0n) is 16.1. The van der Waals surface area contributed by atoms with Gasteiger partial charge in [-0.05, 0) is 5.18 Å². The number of aliphatic hydroxyl groups is 1. The summed E-state index contributed by atoms with van der Waals surface area (Å²) in [5.41, 5.74) is 1.03. The van der Waals surface area contributed by atoms with Crippen molar-refractivity contribution in [3.05, 3.63) is 88.2 Å². The van der Waals surface area contributed by atoms with Crippen molar-refractivity contribution < 1.29 is 9.90 Å². The number of nitroso groups, excluding NO2 is 1. The molecule has 0 amide bonds. The molecule has 0 aliphatic carbocycles. The first-order chi connectivity index (χ1) is 13.8. The van der Waals surface area contributed by atoms with Crippen LogP contribution in [0.2, 0.25) is 0 Å². The highest BCUT2D eigenvalue weighted by Gasteiger charge is 2.21. The Morgan fingerprint density at radius 1 is 0.862 bits per heavy atom. The van der Waals surface area contributed by atoms with Gasteiger partial charge in [-0.3, -0.25) is 4.79 Å². The topological polar surface area (TPSA) is 73.2 Å². The van der Waals surface area contributed by atoms with E-state index in [-0.39, 0.29) is 13.1 Å². The SMILES string of the molecule is CN(CC(=O)C(N=O)=C(O)CN(C)C(=S)c1ccccc1)C(=S)c1ccccc1. The predicted octanol–water partition coefficient (Wildman–Crippen LogP) is 3.71. The summed E-state index contributed by atoms with van der Waals surface area (Å²) in [6, 6.07) is 18.4. The summed E-state index contributed by atoms with van der Waals surface area (Å²) in [4.78, 5) is 27.8. The largest absolute Gasteiger partial charge is 0.508 e. The first-order valence-corrected chi connectivity index (χ1v) is 9.56. The van der Waals surface area contributed by atoms with Gasteiger partial charge in [0.15, 0.2) is 5.70 Å². The molecular weight excluding hydrogens is 406 g/mol. The standard InChI is InChI=1S/C21H21N3O3S2/c1-23(20(28)15-9-5-3-6-10-15)13-17(25)19(22-27)18(26)14-24(2)21(29)16-11-7-4-8-12-16/h3-12,25H,13-14H2,1-2H3. The summed E-state index contributed by atoms with van der Waals surface area (Å²) in [7, 11) is 3.30. The van der Waals surface area contributed by atoms with Crippen molar-refractivity contribution in [2.24, 2.45) is 5.18 Å². The maximum absolute atomic E-state index is 12.5. The molecule has 0 spiro atoms. The van der Waals surface area contributed by atoms with Gasteiger partial charge in [-0.15, -0.1) is 4.91 Å². The summed E-state index contributed by atoms with van der Waals surface area (Å²) < 4.78 is 0. The summed E-state index contributed by atoms with van der Waals surface area (Å²) in [6.07, 6.45) is 0. The van der Waals surface area contributed by atoms with Crippen LogP contribution in [-0.2, 0) is 4.79 Å². The van der Waals surface area contributed by atoms with E-state index in [4.69, 9.17) is 24.4 Å². The van der Waals surface area contributed by atoms with Crippen molar-refractivity contribution in [3.8, 4) is 0 Å². The molecule has 0 atom stereocenters. The van der Waals surface area contributed by atoms with E-state index in [1.165, 1.54) is 4.90 Å². The molecule has 0 saturated carbocycles. The van der Waals surface area contributed by atoms with Crippen LogP contribution in [0.1, 0.15) is 11.1 Å². The Balaban J connectivity index is 2.08. The second kappa shape index (κ2) is 10.5. The zero-order chi connectivity index (χ0) is 21.4. The van der Waals surface area contributed by atoms with Crippen LogP contribution in [0.4, 0.5) is 0 Å². The number of rotatable bonds is 8. The minimum atomic E-state index is -0.627. The number of Topliss-reactive ketones (excluding diaryl/α,β-unsaturated/α-hetero) is 1. The number of likely N-dealkylation sites (N-methyl/N-ethyl adjacent to an activating group) is 2. The highest BCUT2D eigenvalue weighted by Crippen LogP contribution is 2.12. The molecule has 2 aromatic rings. The van der Waals surface area contributed by atoms with Gasteiger partial charge in [0.1, 0.15) is 15.7 Å². The van der Waals surface area contributed by atoms with Gasteiger partial charge in [0.05, 0.1) is 13.1 Å². The third-order valence-electron chi connectivity index (χ3n) is 4.13. The van der Waals surface area contributed by atoms with Gasteiger partial charge < -0.3 is 14.9 Å². The van der Waals surface area contributed by atoms with Gasteiger partial charge in [-0.25, -0.2) is 0 Å². The van der Waals surface area contributed by atoms with E-state index in [9.17, 15) is 14.8 Å². The van der Waals surface area contributed by atoms with Gasteiger partial charge in [0.25, 0.3) is 0 Å². The van der Waals surface area contributed by atoms with Crippen molar-refractivity contribution in [2.45, 2.75) is 0 Å². The first-order valence-electron chi connectivity index (χ1n) is 8.74. The van der Waals surface area contributed by atoms with E-state index in [1.807, 2.05) is 60.7 Å². The molecule has 2 rings (SSSR count). The molecular formula is C21H21N3O3S2. The maximum atomic E-state index is 12.5. The first kappa shape index (κ1) is 22.3. The van der Waals surface area contributed by atoms with E-state index < -0.39 is 17.2 Å². The second-order valence-corrected chi connectivity index (χ2v) is 7.14. The Bertz CT molecular complexity index is 931. The highest BCUT2D eigenvalue weighted by molar-refractivity contribution is 7.80. The summed E-state index contributed by atoms with van der Waals surface area (Å²) in [5, 5.41) is 13.1. The molecule has 8 heteroatoms. The van der Waals surface area contributed by atoms with Crippen LogP contribution in [0, 0.1) is 4.91 Å². The van der Waals surface area contributed by atoms with Crippen molar-refractivity contribution in [3.63, 3.8) is 0 Å². The third-order valence-corrected chi connectivity index (χ3v) is 5.23. The average molecular weight is 428 g/mol. The molecule has 0 unspecified atom stereocenters. The van der Waals surface area contributed by atoms with Crippen LogP contribution in [-0.4, -0.2) is 57.9 Å². The quantitative estimate of drug-likeness (QED) is 0.298. The second-order valence-electron chi connectivity index (χ2n) is 6.36. The lowest BCUT2D eigenvalue weighted by atomic mass is 10.2. The van der Waals surface area contributed by atoms with E-state index >= 15 is 0 Å². The highest BCUT2D eigenvalue weighted by atomic mass is 32.1. The Morgan fingerprint density at radius 3 is 1.69 bits per heavy atom. The fourth-order valence-electron chi connectivity index (χ4n) is 2.60. The van der Waals surface area contributed by atoms with Crippen LogP contribution in [0.15, 0.2) is 77.3 Å². The lowest BCUT2D eigenvalue weighted by Crippen LogP contribution is -2.33. The van der Waals surface area contributed by atoms with Crippen molar-refractivity contribution >= 4 is 40.2 Å². The van der Waals surface area contributed by atoms with E-state index in [2.05, 4.69) is 5.18 Å². The van der Waals surface area contributed by atoms with Crippen molar-refractivity contribution in [1.82, 2.24) is 9.80 Å². The summed E-state index contributed by atoms with van der Waals surface area (Å²) in [5.74, 6) is -1.07. The molecule has 29 heavy (non-hydrogen) atoms. The van der Waals surface area contributed by atoms with Crippen LogP contribution < -0.4 is 0 Å². The number of aliphatic hydroxyl groups excluding tert-OH is 1. The minimum Gasteiger partial charge on any atom is -0.508 e. The van der Waals surface area contributed by atoms with Gasteiger partial charge in [0.2, 0.25) is 5.78 Å². The van der Waals surface area contributed by atoms with Gasteiger partial charge in [-0.1, -0.05) is 85.1 Å². The zero-order valence-corrected chi connectivity index (χ0v) is 17.7. The molecule has 2 aromatic carbocycles. The summed E-state index contributed by atoms with van der Waals surface area (Å²) in [6.45, 7) is -0.306. The molecule has 0 fully saturated rings. The molecule has 150 valence electrons. The smallest absolute Gasteiger partial charge is 0.207 e. The normalized spacial score (nSPS) is 11.2. The predicted molar refractivity (Wildman–Crippen MR) is 122 cm³/mol. The van der Waals surface area contributed by atoms with Crippen LogP contribution in [0.5, 0.6) is 0 Å². The van der Waals surface area contributed by atoms with Gasteiger partial charge in [0, 0.05) is 25.2 Å². The van der Waals surface area contributed by atoms with Gasteiger partial charge >= 0.3 is 0 Å². The number of ketones is 1. The molecule has 0 bridgehead atoms.